The number of rotatable bonds is 9. The molecule has 0 bridgehead atoms. The number of hydrogen-bond donors (Lipinski definition) is 0. The van der Waals surface area contributed by atoms with Gasteiger partial charge in [0, 0.05) is 0 Å². The number of fused-ring (bicyclic) bond motifs is 1. The van der Waals surface area contributed by atoms with Gasteiger partial charge in [-0.3, -0.25) is 9.79 Å². The Hall–Kier alpha value is -3.84. The highest BCUT2D eigenvalue weighted by molar-refractivity contribution is 8.15. The number of thioether (sulfide) groups is 1. The molecule has 1 amide bonds. The number of carbonyl (C=O) groups excluding carboxylic acids is 2. The van der Waals surface area contributed by atoms with Crippen molar-refractivity contribution in [3.8, 4) is 5.75 Å². The van der Waals surface area contributed by atoms with Crippen LogP contribution in [0.1, 0.15) is 24.2 Å². The maximum absolute atomic E-state index is 13.6. The number of aliphatic imine (C=N–C) groups is 1. The number of esters is 1. The van der Waals surface area contributed by atoms with Gasteiger partial charge in [0.15, 0.2) is 18.2 Å². The molecule has 0 spiro atoms. The summed E-state index contributed by atoms with van der Waals surface area (Å²) in [6, 6.07) is 27.2. The summed E-state index contributed by atoms with van der Waals surface area (Å²) in [6.07, 6.45) is -0.601. The van der Waals surface area contributed by atoms with Crippen molar-refractivity contribution in [2.24, 2.45) is 4.99 Å². The summed E-state index contributed by atoms with van der Waals surface area (Å²) < 4.78 is 11.9. The molecule has 1 saturated heterocycles. The maximum Gasteiger partial charge on any atom is 0.334 e. The Morgan fingerprint density at radius 2 is 1.53 bits per heavy atom. The summed E-state index contributed by atoms with van der Waals surface area (Å²) in [5.41, 5.74) is 2.25. The summed E-state index contributed by atoms with van der Waals surface area (Å²) >= 11 is 1.45. The van der Waals surface area contributed by atoms with Gasteiger partial charge in [-0.05, 0) is 35.8 Å². The minimum absolute atomic E-state index is 0.205. The van der Waals surface area contributed by atoms with Crippen LogP contribution in [0.15, 0.2) is 108 Å². The lowest BCUT2D eigenvalue weighted by atomic mass is 9.98. The van der Waals surface area contributed by atoms with Gasteiger partial charge >= 0.3 is 5.97 Å². The van der Waals surface area contributed by atoms with Crippen molar-refractivity contribution in [1.29, 1.82) is 0 Å². The Morgan fingerprint density at radius 1 is 0.972 bits per heavy atom. The van der Waals surface area contributed by atoms with Crippen molar-refractivity contribution in [2.45, 2.75) is 30.5 Å². The number of hydrogen-bond acceptors (Lipinski definition) is 6. The zero-order valence-corrected chi connectivity index (χ0v) is 20.6. The molecular weight excluding hydrogens is 472 g/mol. The minimum Gasteiger partial charge on any atom is -0.487 e. The third-order valence-corrected chi connectivity index (χ3v) is 7.33. The lowest BCUT2D eigenvalue weighted by Gasteiger charge is -2.45. The van der Waals surface area contributed by atoms with Crippen molar-refractivity contribution in [3.05, 3.63) is 114 Å². The lowest BCUT2D eigenvalue weighted by Crippen LogP contribution is -2.66. The van der Waals surface area contributed by atoms with E-state index in [1.54, 1.807) is 11.8 Å². The normalized spacial score (nSPS) is 19.2. The smallest absolute Gasteiger partial charge is 0.334 e. The van der Waals surface area contributed by atoms with E-state index in [0.29, 0.717) is 5.57 Å². The van der Waals surface area contributed by atoms with Crippen LogP contribution < -0.4 is 4.74 Å². The maximum atomic E-state index is 13.6. The summed E-state index contributed by atoms with van der Waals surface area (Å²) in [7, 11) is 0. The zero-order chi connectivity index (χ0) is 25.1. The minimum atomic E-state index is -0.897. The molecule has 2 aliphatic rings. The van der Waals surface area contributed by atoms with E-state index in [9.17, 15) is 9.59 Å². The predicted molar refractivity (Wildman–Crippen MR) is 141 cm³/mol. The molecule has 0 N–H and O–H groups in total. The van der Waals surface area contributed by atoms with E-state index in [2.05, 4.69) is 11.6 Å². The fraction of sp³-hybridized carbons (Fsp3) is 0.207. The topological polar surface area (TPSA) is 68.2 Å². The van der Waals surface area contributed by atoms with Crippen molar-refractivity contribution in [3.63, 3.8) is 0 Å². The van der Waals surface area contributed by atoms with Crippen LogP contribution in [-0.4, -0.2) is 45.9 Å². The predicted octanol–water partition coefficient (Wildman–Crippen LogP) is 5.03. The average molecular weight is 499 g/mol. The summed E-state index contributed by atoms with van der Waals surface area (Å²) in [5, 5.41) is 0.443. The Bertz CT molecular complexity index is 1240. The zero-order valence-electron chi connectivity index (χ0n) is 19.8. The van der Waals surface area contributed by atoms with E-state index in [1.165, 1.54) is 11.8 Å². The van der Waals surface area contributed by atoms with Crippen LogP contribution >= 0.6 is 11.8 Å². The SMILES string of the molecule is C=C(C)C(C(=O)OC(c1ccccc1)c1ccccc1)N1C(=O)C2N=C(COc3ccccc3)SC21. The second-order valence-electron chi connectivity index (χ2n) is 8.71. The molecule has 3 atom stereocenters. The number of benzene rings is 3. The van der Waals surface area contributed by atoms with Gasteiger partial charge in [-0.2, -0.15) is 0 Å². The molecule has 1 fully saturated rings. The summed E-state index contributed by atoms with van der Waals surface area (Å²) in [4.78, 5) is 32.7. The second kappa shape index (κ2) is 10.4. The molecule has 5 rings (SSSR count). The quantitative estimate of drug-likeness (QED) is 0.235. The van der Waals surface area contributed by atoms with Crippen molar-refractivity contribution in [1.82, 2.24) is 4.90 Å². The number of ether oxygens (including phenoxy) is 2. The molecule has 7 heteroatoms. The summed E-state index contributed by atoms with van der Waals surface area (Å²) in [5.74, 6) is 0.0178. The van der Waals surface area contributed by atoms with Crippen LogP contribution in [0.4, 0.5) is 0 Å². The lowest BCUT2D eigenvalue weighted by molar-refractivity contribution is -0.163. The molecule has 2 heterocycles. The number of nitrogens with zero attached hydrogens (tertiary/aromatic N) is 2. The van der Waals surface area contributed by atoms with Crippen molar-refractivity contribution >= 4 is 28.7 Å². The van der Waals surface area contributed by atoms with Gasteiger partial charge in [-0.1, -0.05) is 97.2 Å². The van der Waals surface area contributed by atoms with Gasteiger partial charge in [0.25, 0.3) is 5.91 Å². The van der Waals surface area contributed by atoms with E-state index in [1.807, 2.05) is 91.0 Å². The van der Waals surface area contributed by atoms with Crippen LogP contribution in [0.25, 0.3) is 0 Å². The first-order valence-electron chi connectivity index (χ1n) is 11.7. The molecule has 2 aliphatic heterocycles. The fourth-order valence-corrected chi connectivity index (χ4v) is 5.58. The highest BCUT2D eigenvalue weighted by atomic mass is 32.2. The largest absolute Gasteiger partial charge is 0.487 e. The van der Waals surface area contributed by atoms with Crippen molar-refractivity contribution in [2.75, 3.05) is 6.61 Å². The molecule has 0 aromatic heterocycles. The Morgan fingerprint density at radius 3 is 2.08 bits per heavy atom. The molecule has 6 nitrogen and oxygen atoms in total. The van der Waals surface area contributed by atoms with Gasteiger partial charge < -0.3 is 14.4 Å². The first kappa shape index (κ1) is 23.9. The average Bonchev–Trinajstić information content (AvgIpc) is 3.29. The Kier molecular flexibility index (Phi) is 6.91. The van der Waals surface area contributed by atoms with Gasteiger partial charge in [-0.15, -0.1) is 0 Å². The number of carbonyl (C=O) groups is 2. The highest BCUT2D eigenvalue weighted by Crippen LogP contribution is 2.42. The van der Waals surface area contributed by atoms with Gasteiger partial charge in [0.05, 0.1) is 0 Å². The third-order valence-electron chi connectivity index (χ3n) is 6.10. The molecule has 0 saturated carbocycles. The molecule has 182 valence electrons. The Balaban J connectivity index is 1.31. The monoisotopic (exact) mass is 498 g/mol. The van der Waals surface area contributed by atoms with Gasteiger partial charge in [0.2, 0.25) is 0 Å². The molecule has 3 unspecified atom stereocenters. The molecule has 0 radical (unpaired) electrons. The van der Waals surface area contributed by atoms with Crippen LogP contribution in [0, 0.1) is 0 Å². The molecule has 3 aromatic carbocycles. The Labute approximate surface area is 214 Å². The van der Waals surface area contributed by atoms with Crippen molar-refractivity contribution < 1.29 is 19.1 Å². The number of amides is 1. The van der Waals surface area contributed by atoms with Gasteiger partial charge in [0.1, 0.15) is 22.8 Å². The van der Waals surface area contributed by atoms with Crippen LogP contribution in [0.2, 0.25) is 0 Å². The molecule has 0 aliphatic carbocycles. The van der Waals surface area contributed by atoms with E-state index in [0.717, 1.165) is 21.9 Å². The highest BCUT2D eigenvalue weighted by Gasteiger charge is 2.56. The van der Waals surface area contributed by atoms with Crippen LogP contribution in [0.3, 0.4) is 0 Å². The van der Waals surface area contributed by atoms with Crippen LogP contribution in [-0.2, 0) is 14.3 Å². The van der Waals surface area contributed by atoms with E-state index in [4.69, 9.17) is 9.47 Å². The summed E-state index contributed by atoms with van der Waals surface area (Å²) in [6.45, 7) is 6.03. The molecule has 36 heavy (non-hydrogen) atoms. The van der Waals surface area contributed by atoms with E-state index in [-0.39, 0.29) is 17.9 Å². The first-order valence-corrected chi connectivity index (χ1v) is 12.6. The fourth-order valence-electron chi connectivity index (χ4n) is 4.36. The molecular formula is C29H26N2O4S. The number of β-lactam (4-membered cyclic amide) rings is 1. The van der Waals surface area contributed by atoms with Gasteiger partial charge in [-0.25, -0.2) is 4.79 Å². The first-order chi connectivity index (χ1) is 17.5. The van der Waals surface area contributed by atoms with Crippen LogP contribution in [0.5, 0.6) is 5.75 Å². The van der Waals surface area contributed by atoms with E-state index < -0.39 is 24.2 Å². The number of para-hydroxylation sites is 1. The standard InChI is InChI=1S/C29H26N2O4S/c1-19(2)25(29(33)35-26(20-12-6-3-7-13-20)21-14-8-4-9-15-21)31-27(32)24-28(31)36-23(30-24)18-34-22-16-10-5-11-17-22/h3-17,24-26,28H,1,18H2,2H3. The molecule has 3 aromatic rings. The number of likely N-dealkylation sites (tertiary alicyclic amines) is 1. The third kappa shape index (κ3) is 4.79. The second-order valence-corrected chi connectivity index (χ2v) is 9.90. The van der Waals surface area contributed by atoms with E-state index >= 15 is 0 Å².